The number of unbranched alkanes of at least 4 members (excludes halogenated alkanes) is 1. The first-order chi connectivity index (χ1) is 31.3. The Morgan fingerprint density at radius 1 is 0.877 bits per heavy atom. The van der Waals surface area contributed by atoms with Gasteiger partial charge in [-0.25, -0.2) is 9.69 Å². The van der Waals surface area contributed by atoms with Crippen LogP contribution in [0.3, 0.4) is 0 Å². The summed E-state index contributed by atoms with van der Waals surface area (Å²) in [4.78, 5) is 100. The molecule has 5 aromatic rings. The number of fused-ring (bicyclic) bond motifs is 4. The van der Waals surface area contributed by atoms with E-state index in [2.05, 4.69) is 40.0 Å². The van der Waals surface area contributed by atoms with Crippen LogP contribution in [-0.2, 0) is 35.3 Å². The molecule has 19 heteroatoms. The highest BCUT2D eigenvalue weighted by molar-refractivity contribution is 7.15. The lowest BCUT2D eigenvalue weighted by molar-refractivity contribution is -0.165. The number of hydrogen-bond acceptors (Lipinski definition) is 13. The number of aryl methyl sites for hydroxylation is 2. The number of ether oxygens (including phenoxy) is 2. The van der Waals surface area contributed by atoms with Gasteiger partial charge < -0.3 is 20.1 Å². The minimum absolute atomic E-state index is 0.0253. The molecule has 2 atom stereocenters. The number of esters is 1. The van der Waals surface area contributed by atoms with Crippen LogP contribution >= 0.6 is 22.9 Å². The van der Waals surface area contributed by atoms with Gasteiger partial charge in [0.15, 0.2) is 12.4 Å². The van der Waals surface area contributed by atoms with Gasteiger partial charge in [-0.05, 0) is 75.4 Å². The lowest BCUT2D eigenvalue weighted by atomic mass is 9.86. The molecule has 1 saturated heterocycles. The number of amides is 6. The summed E-state index contributed by atoms with van der Waals surface area (Å²) in [5.74, 6) is -4.60. The van der Waals surface area contributed by atoms with E-state index >= 15 is 0 Å². The largest absolute Gasteiger partial charge is 0.483 e. The fourth-order valence-electron chi connectivity index (χ4n) is 8.04. The Morgan fingerprint density at radius 3 is 2.32 bits per heavy atom. The predicted octanol–water partition coefficient (Wildman–Crippen LogP) is 4.80. The molecule has 0 aliphatic carbocycles. The number of imide groups is 2. The summed E-state index contributed by atoms with van der Waals surface area (Å²) < 4.78 is 13.2. The SMILES string of the molecule is Cc1sc2c(c1C)C(c1ccc(Cl)cc1)=N[C@@H](CC(=O)NCCCCNC(=O)COc1cccc3c1C(=O)N(C1(C(=O)OCc4ccccc4)CCC(=O)NC1=O)C3=O)c1nnc(C)n1-2. The van der Waals surface area contributed by atoms with Gasteiger partial charge in [0.1, 0.15) is 29.2 Å². The van der Waals surface area contributed by atoms with Crippen molar-refractivity contribution in [1.29, 1.82) is 0 Å². The Labute approximate surface area is 381 Å². The molecular formula is C46H43ClN8O9S. The van der Waals surface area contributed by atoms with Crippen LogP contribution in [0.15, 0.2) is 77.8 Å². The zero-order chi connectivity index (χ0) is 46.0. The molecular weight excluding hydrogens is 876 g/mol. The fraction of sp³-hybridized carbons (Fsp3) is 0.304. The van der Waals surface area contributed by atoms with Gasteiger partial charge in [-0.1, -0.05) is 60.1 Å². The van der Waals surface area contributed by atoms with Crippen LogP contribution in [0.5, 0.6) is 5.75 Å². The molecule has 334 valence electrons. The molecule has 8 rings (SSSR count). The van der Waals surface area contributed by atoms with Gasteiger partial charge in [-0.2, -0.15) is 0 Å². The molecule has 0 spiro atoms. The van der Waals surface area contributed by atoms with Gasteiger partial charge >= 0.3 is 5.97 Å². The maximum Gasteiger partial charge on any atom is 0.342 e. The monoisotopic (exact) mass is 918 g/mol. The van der Waals surface area contributed by atoms with Crippen molar-refractivity contribution in [2.24, 2.45) is 4.99 Å². The summed E-state index contributed by atoms with van der Waals surface area (Å²) in [6, 6.07) is 19.6. The molecule has 0 saturated carbocycles. The average Bonchev–Trinajstić information content (AvgIpc) is 3.87. The first kappa shape index (κ1) is 44.6. The standard InChI is InChI=1S/C46H43ClN8O9S/c1-25-26(2)65-43-37(25)39(29-14-16-30(47)17-15-29)50-32(40-53-52-27(3)54(40)43)22-35(57)48-20-7-8-21-49-36(58)24-63-33-13-9-12-31-38(33)42(60)55(41(31)59)46(19-18-34(56)51-44(46)61)45(62)64-23-28-10-5-4-6-11-28/h4-6,9-17,32H,7-8,18-24H2,1-3H3,(H,48,57)(H,49,58)(H,51,56,61)/t32-,46?/m0/s1. The van der Waals surface area contributed by atoms with E-state index in [1.807, 2.05) is 35.8 Å². The van der Waals surface area contributed by atoms with Crippen LogP contribution in [0.1, 0.15) is 97.6 Å². The zero-order valence-electron chi connectivity index (χ0n) is 35.6. The summed E-state index contributed by atoms with van der Waals surface area (Å²) in [5.41, 5.74) is 1.40. The molecule has 3 aliphatic heterocycles. The Balaban J connectivity index is 0.850. The van der Waals surface area contributed by atoms with Gasteiger partial charge in [0.05, 0.1) is 23.3 Å². The third kappa shape index (κ3) is 8.66. The van der Waals surface area contributed by atoms with Gasteiger partial charge in [0.25, 0.3) is 23.6 Å². The number of rotatable bonds is 15. The minimum atomic E-state index is -2.47. The molecule has 0 radical (unpaired) electrons. The van der Waals surface area contributed by atoms with Crippen molar-refractivity contribution in [1.82, 2.24) is 35.6 Å². The van der Waals surface area contributed by atoms with E-state index in [9.17, 15) is 33.6 Å². The number of piperidine rings is 1. The minimum Gasteiger partial charge on any atom is -0.483 e. The maximum atomic E-state index is 14.0. The van der Waals surface area contributed by atoms with E-state index in [0.717, 1.165) is 32.3 Å². The van der Waals surface area contributed by atoms with E-state index in [-0.39, 0.29) is 48.8 Å². The Hall–Kier alpha value is -7.05. The summed E-state index contributed by atoms with van der Waals surface area (Å²) in [7, 11) is 0. The van der Waals surface area contributed by atoms with E-state index in [4.69, 9.17) is 26.1 Å². The number of aliphatic imine (C=N–C) groups is 1. The molecule has 3 aromatic carbocycles. The summed E-state index contributed by atoms with van der Waals surface area (Å²) >= 11 is 7.85. The summed E-state index contributed by atoms with van der Waals surface area (Å²) in [6.45, 7) is 5.80. The summed E-state index contributed by atoms with van der Waals surface area (Å²) in [5, 5.41) is 18.1. The smallest absolute Gasteiger partial charge is 0.342 e. The maximum absolute atomic E-state index is 14.0. The van der Waals surface area contributed by atoms with Gasteiger partial charge in [-0.3, -0.25) is 43.6 Å². The van der Waals surface area contributed by atoms with Gasteiger partial charge in [-0.15, -0.1) is 21.5 Å². The molecule has 65 heavy (non-hydrogen) atoms. The van der Waals surface area contributed by atoms with Crippen molar-refractivity contribution >= 4 is 70.1 Å². The van der Waals surface area contributed by atoms with E-state index < -0.39 is 60.1 Å². The number of aromatic nitrogens is 3. The highest BCUT2D eigenvalue weighted by atomic mass is 35.5. The van der Waals surface area contributed by atoms with Crippen LogP contribution in [0.4, 0.5) is 0 Å². The second-order valence-corrected chi connectivity index (χ2v) is 17.4. The van der Waals surface area contributed by atoms with Crippen LogP contribution in [0.2, 0.25) is 5.02 Å². The van der Waals surface area contributed by atoms with E-state index in [0.29, 0.717) is 46.5 Å². The molecule has 6 amide bonds. The number of thiophene rings is 1. The zero-order valence-corrected chi connectivity index (χ0v) is 37.1. The third-order valence-corrected chi connectivity index (χ3v) is 12.9. The molecule has 2 aromatic heterocycles. The van der Waals surface area contributed by atoms with Crippen molar-refractivity contribution in [2.75, 3.05) is 19.7 Å². The molecule has 3 aliphatic rings. The number of nitrogens with one attached hydrogen (secondary N) is 3. The van der Waals surface area contributed by atoms with Crippen LogP contribution in [-0.4, -0.2) is 92.0 Å². The molecule has 0 bridgehead atoms. The average molecular weight is 919 g/mol. The molecule has 5 heterocycles. The number of benzene rings is 3. The van der Waals surface area contributed by atoms with Crippen LogP contribution < -0.4 is 20.7 Å². The first-order valence-electron chi connectivity index (χ1n) is 20.9. The van der Waals surface area contributed by atoms with Crippen molar-refractivity contribution in [3.05, 3.63) is 128 Å². The van der Waals surface area contributed by atoms with Crippen molar-refractivity contribution in [3.8, 4) is 10.8 Å². The predicted molar refractivity (Wildman–Crippen MR) is 237 cm³/mol. The quantitative estimate of drug-likeness (QED) is 0.0561. The number of halogens is 1. The highest BCUT2D eigenvalue weighted by Gasteiger charge is 2.62. The Kier molecular flexibility index (Phi) is 12.7. The Bertz CT molecular complexity index is 2790. The Morgan fingerprint density at radius 2 is 1.60 bits per heavy atom. The van der Waals surface area contributed by atoms with E-state index in [1.165, 1.54) is 18.2 Å². The van der Waals surface area contributed by atoms with Gasteiger partial charge in [0, 0.05) is 40.5 Å². The molecule has 1 fully saturated rings. The number of hydrogen-bond donors (Lipinski definition) is 3. The molecule has 3 N–H and O–H groups in total. The molecule has 1 unspecified atom stereocenters. The lowest BCUT2D eigenvalue weighted by Crippen LogP contribution is -2.68. The topological polar surface area (TPSA) is 220 Å². The van der Waals surface area contributed by atoms with Gasteiger partial charge in [0.2, 0.25) is 17.4 Å². The second-order valence-electron chi connectivity index (χ2n) is 15.7. The first-order valence-corrected chi connectivity index (χ1v) is 22.1. The number of carbonyl (C=O) groups excluding carboxylic acids is 7. The van der Waals surface area contributed by atoms with Crippen molar-refractivity contribution in [2.45, 2.75) is 71.1 Å². The number of nitrogens with zero attached hydrogens (tertiary/aromatic N) is 5. The van der Waals surface area contributed by atoms with Crippen molar-refractivity contribution < 1.29 is 43.0 Å². The summed E-state index contributed by atoms with van der Waals surface area (Å²) in [6.07, 6.45) is 0.251. The molecule has 17 nitrogen and oxygen atoms in total. The fourth-order valence-corrected chi connectivity index (χ4v) is 9.38. The normalized spacial score (nSPS) is 17.6. The van der Waals surface area contributed by atoms with Crippen molar-refractivity contribution in [3.63, 3.8) is 0 Å². The van der Waals surface area contributed by atoms with E-state index in [1.54, 1.807) is 41.7 Å². The second kappa shape index (κ2) is 18.6. The highest BCUT2D eigenvalue weighted by Crippen LogP contribution is 2.41. The third-order valence-electron chi connectivity index (χ3n) is 11.5. The van der Waals surface area contributed by atoms with Crippen LogP contribution in [0.25, 0.3) is 5.00 Å². The number of carbonyl (C=O) groups is 7. The lowest BCUT2D eigenvalue weighted by Gasteiger charge is -2.38. The van der Waals surface area contributed by atoms with Crippen LogP contribution in [0, 0.1) is 20.8 Å².